The van der Waals surface area contributed by atoms with E-state index in [4.69, 9.17) is 20.9 Å². The molecule has 0 heterocycles. The third kappa shape index (κ3) is 7.38. The van der Waals surface area contributed by atoms with Gasteiger partial charge in [0.05, 0.1) is 0 Å². The van der Waals surface area contributed by atoms with Gasteiger partial charge in [0.15, 0.2) is 0 Å². The SMILES string of the molecule is CC(C)=CCCCC(C)C1CCC2C3CCC4CC(c5ccc(Oc6ccc(N)cc6)cc5)(c5ccc(Oc6ccc(N)cc6)cc5)CCC4(C)C3CCC12C. The number of rotatable bonds is 11. The van der Waals surface area contributed by atoms with Gasteiger partial charge in [0.25, 0.3) is 0 Å². The molecule has 56 heavy (non-hydrogen) atoms. The number of benzene rings is 4. The molecule has 4 N–H and O–H groups in total. The second kappa shape index (κ2) is 15.6. The highest BCUT2D eigenvalue weighted by atomic mass is 16.5. The lowest BCUT2D eigenvalue weighted by Crippen LogP contribution is -2.55. The minimum Gasteiger partial charge on any atom is -0.457 e. The lowest BCUT2D eigenvalue weighted by molar-refractivity contribution is -0.122. The van der Waals surface area contributed by atoms with Gasteiger partial charge in [-0.05, 0) is 215 Å². The highest BCUT2D eigenvalue weighted by molar-refractivity contribution is 5.48. The number of hydrogen-bond acceptors (Lipinski definition) is 4. The Balaban J connectivity index is 1.04. The van der Waals surface area contributed by atoms with E-state index in [1.807, 2.05) is 48.5 Å². The van der Waals surface area contributed by atoms with Crippen LogP contribution in [0.3, 0.4) is 0 Å². The van der Waals surface area contributed by atoms with E-state index in [-0.39, 0.29) is 5.41 Å². The average Bonchev–Trinajstić information content (AvgIpc) is 3.56. The zero-order valence-electron chi connectivity index (χ0n) is 34.7. The van der Waals surface area contributed by atoms with Crippen LogP contribution in [0, 0.1) is 46.3 Å². The summed E-state index contributed by atoms with van der Waals surface area (Å²) in [6, 6.07) is 33.3. The molecule has 0 bridgehead atoms. The van der Waals surface area contributed by atoms with Crippen LogP contribution in [-0.4, -0.2) is 0 Å². The molecular weight excluding hydrogens is 685 g/mol. The molecule has 296 valence electrons. The quantitative estimate of drug-likeness (QED) is 0.0910. The van der Waals surface area contributed by atoms with Crippen LogP contribution in [0.2, 0.25) is 0 Å². The third-order valence-corrected chi connectivity index (χ3v) is 16.0. The van der Waals surface area contributed by atoms with Crippen molar-refractivity contribution in [3.05, 3.63) is 120 Å². The molecule has 0 radical (unpaired) electrons. The minimum absolute atomic E-state index is 0.0704. The van der Waals surface area contributed by atoms with Gasteiger partial charge in [-0.3, -0.25) is 0 Å². The van der Waals surface area contributed by atoms with E-state index >= 15 is 0 Å². The van der Waals surface area contributed by atoms with Crippen molar-refractivity contribution < 1.29 is 9.47 Å². The molecule has 4 heteroatoms. The molecule has 4 aromatic rings. The summed E-state index contributed by atoms with van der Waals surface area (Å²) in [6.07, 6.45) is 18.6. The van der Waals surface area contributed by atoms with Crippen LogP contribution in [0.5, 0.6) is 23.0 Å². The Kier molecular flexibility index (Phi) is 10.8. The van der Waals surface area contributed by atoms with Crippen molar-refractivity contribution in [1.29, 1.82) is 0 Å². The molecule has 4 aliphatic rings. The van der Waals surface area contributed by atoms with Crippen LogP contribution >= 0.6 is 0 Å². The fraction of sp³-hybridized carbons (Fsp3) is 0.500. The van der Waals surface area contributed by atoms with Crippen molar-refractivity contribution in [2.75, 3.05) is 11.5 Å². The topological polar surface area (TPSA) is 70.5 Å². The van der Waals surface area contributed by atoms with E-state index in [0.29, 0.717) is 16.7 Å². The largest absolute Gasteiger partial charge is 0.457 e. The van der Waals surface area contributed by atoms with Gasteiger partial charge in [0.1, 0.15) is 23.0 Å². The van der Waals surface area contributed by atoms with Crippen LogP contribution in [0.15, 0.2) is 109 Å². The molecule has 4 fully saturated rings. The van der Waals surface area contributed by atoms with Crippen molar-refractivity contribution in [2.45, 2.75) is 117 Å². The summed E-state index contributed by atoms with van der Waals surface area (Å²) in [4.78, 5) is 0. The zero-order valence-corrected chi connectivity index (χ0v) is 34.7. The minimum atomic E-state index is -0.0704. The van der Waals surface area contributed by atoms with Gasteiger partial charge in [-0.1, -0.05) is 63.1 Å². The lowest BCUT2D eigenvalue weighted by atomic mass is 9.42. The summed E-state index contributed by atoms with van der Waals surface area (Å²) in [5, 5.41) is 0. The number of fused-ring (bicyclic) bond motifs is 5. The Morgan fingerprint density at radius 3 is 1.70 bits per heavy atom. The van der Waals surface area contributed by atoms with Crippen LogP contribution in [0.1, 0.15) is 123 Å². The summed E-state index contributed by atoms with van der Waals surface area (Å²) in [5.41, 5.74) is 18.4. The van der Waals surface area contributed by atoms with Crippen molar-refractivity contribution in [1.82, 2.24) is 0 Å². The summed E-state index contributed by atoms with van der Waals surface area (Å²) >= 11 is 0. The summed E-state index contributed by atoms with van der Waals surface area (Å²) in [5.74, 6) is 8.36. The van der Waals surface area contributed by atoms with E-state index in [1.54, 1.807) is 0 Å². The van der Waals surface area contributed by atoms with E-state index in [0.717, 1.165) is 70.4 Å². The summed E-state index contributed by atoms with van der Waals surface area (Å²) in [7, 11) is 0. The first-order valence-corrected chi connectivity index (χ1v) is 21.9. The molecule has 8 unspecified atom stereocenters. The molecule has 0 spiro atoms. The van der Waals surface area contributed by atoms with Crippen molar-refractivity contribution >= 4 is 11.4 Å². The molecule has 4 nitrogen and oxygen atoms in total. The smallest absolute Gasteiger partial charge is 0.127 e. The van der Waals surface area contributed by atoms with Gasteiger partial charge in [0.2, 0.25) is 0 Å². The Morgan fingerprint density at radius 2 is 1.16 bits per heavy atom. The van der Waals surface area contributed by atoms with Gasteiger partial charge in [0, 0.05) is 16.8 Å². The monoisotopic (exact) mass is 751 g/mol. The number of unbranched alkanes of at least 4 members (excludes halogenated alkanes) is 1. The standard InChI is InChI=1S/C52H66N2O2/c1-35(2)8-6-7-9-36(3)47-28-29-48-46-27-14-39-34-52(33-32-50(39,4)49(46)30-31-51(47,48)5,37-10-19-42(20-11-37)55-44-23-15-40(53)16-24-44)38-12-21-43(22-13-38)56-45-25-17-41(54)18-26-45/h8,10-13,15-26,36,39,46-49H,6-7,9,14,27-34,53-54H2,1-5H3. The van der Waals surface area contributed by atoms with Crippen molar-refractivity contribution in [2.24, 2.45) is 46.3 Å². The second-order valence-electron chi connectivity index (χ2n) is 19.3. The molecule has 0 amide bonds. The molecule has 4 aromatic carbocycles. The van der Waals surface area contributed by atoms with E-state index < -0.39 is 0 Å². The first-order chi connectivity index (χ1) is 27.0. The number of hydrogen-bond donors (Lipinski definition) is 2. The third-order valence-electron chi connectivity index (χ3n) is 16.0. The van der Waals surface area contributed by atoms with Crippen LogP contribution in [0.25, 0.3) is 0 Å². The number of anilines is 2. The first-order valence-electron chi connectivity index (χ1n) is 21.9. The van der Waals surface area contributed by atoms with Gasteiger partial charge in [-0.25, -0.2) is 0 Å². The zero-order chi connectivity index (χ0) is 39.1. The molecule has 4 aliphatic carbocycles. The van der Waals surface area contributed by atoms with Gasteiger partial charge < -0.3 is 20.9 Å². The van der Waals surface area contributed by atoms with Crippen molar-refractivity contribution in [3.8, 4) is 23.0 Å². The molecule has 8 rings (SSSR count). The molecule has 8 atom stereocenters. The second-order valence-corrected chi connectivity index (χ2v) is 19.3. The fourth-order valence-electron chi connectivity index (χ4n) is 13.0. The normalized spacial score (nSPS) is 29.6. The summed E-state index contributed by atoms with van der Waals surface area (Å²) < 4.78 is 12.5. The van der Waals surface area contributed by atoms with Crippen LogP contribution in [0.4, 0.5) is 11.4 Å². The van der Waals surface area contributed by atoms with E-state index in [2.05, 4.69) is 89.2 Å². The predicted molar refractivity (Wildman–Crippen MR) is 233 cm³/mol. The molecule has 0 aliphatic heterocycles. The predicted octanol–water partition coefficient (Wildman–Crippen LogP) is 14.2. The molecule has 0 saturated heterocycles. The average molecular weight is 751 g/mol. The van der Waals surface area contributed by atoms with Crippen LogP contribution < -0.4 is 20.9 Å². The number of allylic oxidation sites excluding steroid dienone is 2. The van der Waals surface area contributed by atoms with Crippen molar-refractivity contribution in [3.63, 3.8) is 0 Å². The Hall–Kier alpha value is -4.18. The van der Waals surface area contributed by atoms with Gasteiger partial charge in [-0.2, -0.15) is 0 Å². The van der Waals surface area contributed by atoms with Gasteiger partial charge >= 0.3 is 0 Å². The Morgan fingerprint density at radius 1 is 0.643 bits per heavy atom. The first kappa shape index (κ1) is 38.7. The maximum absolute atomic E-state index is 6.27. The molecular formula is C52H66N2O2. The maximum Gasteiger partial charge on any atom is 0.127 e. The summed E-state index contributed by atoms with van der Waals surface area (Å²) in [6.45, 7) is 12.5. The molecule has 0 aromatic heterocycles. The number of nitrogens with two attached hydrogens (primary N) is 2. The fourth-order valence-corrected chi connectivity index (χ4v) is 13.0. The highest BCUT2D eigenvalue weighted by Crippen LogP contribution is 2.70. The maximum atomic E-state index is 6.27. The van der Waals surface area contributed by atoms with E-state index in [1.165, 1.54) is 87.3 Å². The Labute approximate surface area is 337 Å². The lowest BCUT2D eigenvalue weighted by Gasteiger charge is -2.63. The van der Waals surface area contributed by atoms with E-state index in [9.17, 15) is 0 Å². The molecule has 4 saturated carbocycles. The van der Waals surface area contributed by atoms with Gasteiger partial charge in [-0.15, -0.1) is 0 Å². The Bertz CT molecular complexity index is 1870. The number of ether oxygens (including phenoxy) is 2. The number of nitrogen functional groups attached to an aromatic ring is 2. The van der Waals surface area contributed by atoms with Crippen LogP contribution in [-0.2, 0) is 5.41 Å². The highest BCUT2D eigenvalue weighted by Gasteiger charge is 2.62.